The molecule has 2 heterocycles. The minimum absolute atomic E-state index is 0.00564. The van der Waals surface area contributed by atoms with Crippen molar-refractivity contribution in [3.05, 3.63) is 48.0 Å². The van der Waals surface area contributed by atoms with Gasteiger partial charge < -0.3 is 24.4 Å². The highest BCUT2D eigenvalue weighted by Crippen LogP contribution is 2.31. The average Bonchev–Trinajstić information content (AvgIpc) is 2.67. The van der Waals surface area contributed by atoms with Gasteiger partial charge in [-0.1, -0.05) is 12.1 Å². The van der Waals surface area contributed by atoms with Crippen LogP contribution in [-0.2, 0) is 0 Å². The highest BCUT2D eigenvalue weighted by Gasteiger charge is 2.24. The topological polar surface area (TPSA) is 62.2 Å². The summed E-state index contributed by atoms with van der Waals surface area (Å²) in [4.78, 5) is 16.7. The summed E-state index contributed by atoms with van der Waals surface area (Å²) in [6.45, 7) is 3.64. The predicted octanol–water partition coefficient (Wildman–Crippen LogP) is 2.13. The molecular formula is C19H20N2O4. The molecule has 0 aromatic heterocycles. The van der Waals surface area contributed by atoms with Crippen LogP contribution in [0.15, 0.2) is 42.5 Å². The smallest absolute Gasteiger partial charge is 0.254 e. The van der Waals surface area contributed by atoms with Gasteiger partial charge in [0.05, 0.1) is 5.69 Å². The van der Waals surface area contributed by atoms with E-state index >= 15 is 0 Å². The third-order valence-electron chi connectivity index (χ3n) is 4.58. The Hall–Kier alpha value is -2.89. The van der Waals surface area contributed by atoms with Crippen molar-refractivity contribution < 1.29 is 19.4 Å². The lowest BCUT2D eigenvalue weighted by Crippen LogP contribution is -2.48. The highest BCUT2D eigenvalue weighted by molar-refractivity contribution is 5.95. The Labute approximate surface area is 146 Å². The molecule has 25 heavy (non-hydrogen) atoms. The number of carbonyl (C=O) groups is 1. The van der Waals surface area contributed by atoms with Crippen molar-refractivity contribution >= 4 is 11.6 Å². The van der Waals surface area contributed by atoms with E-state index in [0.717, 1.165) is 5.69 Å². The number of carbonyl (C=O) groups excluding carboxylic acids is 1. The van der Waals surface area contributed by atoms with Crippen LogP contribution in [0.5, 0.6) is 17.2 Å². The van der Waals surface area contributed by atoms with Crippen LogP contribution in [-0.4, -0.2) is 55.3 Å². The molecule has 0 radical (unpaired) electrons. The standard InChI is InChI=1S/C19H20N2O4/c22-16-4-2-1-3-15(16)20-7-9-21(10-8-20)19(23)14-5-6-17-18(13-14)25-12-11-24-17/h1-6,13,22H,7-12H2. The normalized spacial score (nSPS) is 16.6. The molecular weight excluding hydrogens is 320 g/mol. The van der Waals surface area contributed by atoms with Gasteiger partial charge in [-0.15, -0.1) is 0 Å². The van der Waals surface area contributed by atoms with Gasteiger partial charge in [0.2, 0.25) is 0 Å². The molecule has 130 valence electrons. The number of amides is 1. The first-order valence-electron chi connectivity index (χ1n) is 8.44. The van der Waals surface area contributed by atoms with Gasteiger partial charge in [0, 0.05) is 31.7 Å². The van der Waals surface area contributed by atoms with Crippen molar-refractivity contribution in [2.45, 2.75) is 0 Å². The Bertz CT molecular complexity index is 785. The fraction of sp³-hybridized carbons (Fsp3) is 0.316. The van der Waals surface area contributed by atoms with Crippen molar-refractivity contribution in [2.75, 3.05) is 44.3 Å². The first-order chi connectivity index (χ1) is 12.2. The van der Waals surface area contributed by atoms with Crippen LogP contribution in [0, 0.1) is 0 Å². The number of para-hydroxylation sites is 2. The molecule has 1 saturated heterocycles. The molecule has 6 nitrogen and oxygen atoms in total. The molecule has 2 aromatic carbocycles. The van der Waals surface area contributed by atoms with E-state index in [9.17, 15) is 9.90 Å². The number of phenols is 1. The van der Waals surface area contributed by atoms with Gasteiger partial charge in [0.1, 0.15) is 19.0 Å². The van der Waals surface area contributed by atoms with Crippen LogP contribution in [0.3, 0.4) is 0 Å². The minimum Gasteiger partial charge on any atom is -0.506 e. The van der Waals surface area contributed by atoms with Crippen molar-refractivity contribution in [3.8, 4) is 17.2 Å². The van der Waals surface area contributed by atoms with E-state index in [1.54, 1.807) is 30.3 Å². The summed E-state index contributed by atoms with van der Waals surface area (Å²) < 4.78 is 11.1. The van der Waals surface area contributed by atoms with Crippen LogP contribution in [0.1, 0.15) is 10.4 Å². The molecule has 0 atom stereocenters. The number of benzene rings is 2. The van der Waals surface area contributed by atoms with E-state index in [0.29, 0.717) is 56.5 Å². The van der Waals surface area contributed by atoms with Crippen molar-refractivity contribution in [1.29, 1.82) is 0 Å². The summed E-state index contributed by atoms with van der Waals surface area (Å²) in [6, 6.07) is 12.6. The first-order valence-corrected chi connectivity index (χ1v) is 8.44. The number of aromatic hydroxyl groups is 1. The number of nitrogens with zero attached hydrogens (tertiary/aromatic N) is 2. The summed E-state index contributed by atoms with van der Waals surface area (Å²) in [5, 5.41) is 9.98. The number of fused-ring (bicyclic) bond motifs is 1. The zero-order valence-electron chi connectivity index (χ0n) is 13.9. The fourth-order valence-corrected chi connectivity index (χ4v) is 3.24. The van der Waals surface area contributed by atoms with Crippen LogP contribution < -0.4 is 14.4 Å². The molecule has 0 unspecified atom stereocenters. The summed E-state index contributed by atoms with van der Waals surface area (Å²) in [5.41, 5.74) is 1.43. The lowest BCUT2D eigenvalue weighted by molar-refractivity contribution is 0.0745. The number of hydrogen-bond acceptors (Lipinski definition) is 5. The van der Waals surface area contributed by atoms with Crippen LogP contribution in [0.25, 0.3) is 0 Å². The molecule has 0 saturated carbocycles. The fourth-order valence-electron chi connectivity index (χ4n) is 3.24. The van der Waals surface area contributed by atoms with Gasteiger partial charge >= 0.3 is 0 Å². The molecule has 0 spiro atoms. The number of piperazine rings is 1. The van der Waals surface area contributed by atoms with Crippen molar-refractivity contribution in [2.24, 2.45) is 0 Å². The van der Waals surface area contributed by atoms with Crippen LogP contribution in [0.4, 0.5) is 5.69 Å². The third kappa shape index (κ3) is 3.07. The van der Waals surface area contributed by atoms with Gasteiger partial charge in [-0.3, -0.25) is 4.79 Å². The molecule has 0 aliphatic carbocycles. The van der Waals surface area contributed by atoms with Gasteiger partial charge in [-0.2, -0.15) is 0 Å². The maximum atomic E-state index is 12.8. The maximum absolute atomic E-state index is 12.8. The Morgan fingerprint density at radius 2 is 1.64 bits per heavy atom. The molecule has 2 aliphatic rings. The molecule has 2 aliphatic heterocycles. The number of rotatable bonds is 2. The predicted molar refractivity (Wildman–Crippen MR) is 93.7 cm³/mol. The van der Waals surface area contributed by atoms with E-state index in [1.807, 2.05) is 17.0 Å². The van der Waals surface area contributed by atoms with Gasteiger partial charge in [-0.05, 0) is 30.3 Å². The lowest BCUT2D eigenvalue weighted by Gasteiger charge is -2.36. The zero-order chi connectivity index (χ0) is 17.2. The Kier molecular flexibility index (Phi) is 4.09. The largest absolute Gasteiger partial charge is 0.506 e. The quantitative estimate of drug-likeness (QED) is 0.907. The summed E-state index contributed by atoms with van der Waals surface area (Å²) in [5.74, 6) is 1.58. The van der Waals surface area contributed by atoms with E-state index in [4.69, 9.17) is 9.47 Å². The second kappa shape index (κ2) is 6.55. The lowest BCUT2D eigenvalue weighted by atomic mass is 10.1. The van der Waals surface area contributed by atoms with E-state index in [1.165, 1.54) is 0 Å². The van der Waals surface area contributed by atoms with E-state index < -0.39 is 0 Å². The molecule has 1 amide bonds. The van der Waals surface area contributed by atoms with Gasteiger partial charge in [0.15, 0.2) is 11.5 Å². The molecule has 2 aromatic rings. The Morgan fingerprint density at radius 1 is 0.920 bits per heavy atom. The van der Waals surface area contributed by atoms with Crippen LogP contribution >= 0.6 is 0 Å². The molecule has 0 bridgehead atoms. The molecule has 6 heteroatoms. The second-order valence-electron chi connectivity index (χ2n) is 6.13. The zero-order valence-corrected chi connectivity index (χ0v) is 13.9. The Morgan fingerprint density at radius 3 is 2.40 bits per heavy atom. The Balaban J connectivity index is 1.44. The van der Waals surface area contributed by atoms with Gasteiger partial charge in [0.25, 0.3) is 5.91 Å². The molecule has 4 rings (SSSR count). The third-order valence-corrected chi connectivity index (χ3v) is 4.58. The summed E-state index contributed by atoms with van der Waals surface area (Å²) in [6.07, 6.45) is 0. The van der Waals surface area contributed by atoms with Crippen molar-refractivity contribution in [1.82, 2.24) is 4.90 Å². The first kappa shape index (κ1) is 15.6. The number of phenolic OH excluding ortho intramolecular Hbond substituents is 1. The minimum atomic E-state index is -0.00564. The average molecular weight is 340 g/mol. The number of hydrogen-bond donors (Lipinski definition) is 1. The summed E-state index contributed by atoms with van der Waals surface area (Å²) in [7, 11) is 0. The number of ether oxygens (including phenoxy) is 2. The second-order valence-corrected chi connectivity index (χ2v) is 6.13. The maximum Gasteiger partial charge on any atom is 0.254 e. The molecule has 1 N–H and O–H groups in total. The van der Waals surface area contributed by atoms with Crippen LogP contribution in [0.2, 0.25) is 0 Å². The molecule has 1 fully saturated rings. The SMILES string of the molecule is O=C(c1ccc2c(c1)OCCO2)N1CCN(c2ccccc2O)CC1. The van der Waals surface area contributed by atoms with Gasteiger partial charge in [-0.25, -0.2) is 0 Å². The van der Waals surface area contributed by atoms with E-state index in [-0.39, 0.29) is 11.7 Å². The van der Waals surface area contributed by atoms with Crippen molar-refractivity contribution in [3.63, 3.8) is 0 Å². The number of anilines is 1. The summed E-state index contributed by atoms with van der Waals surface area (Å²) >= 11 is 0. The monoisotopic (exact) mass is 340 g/mol. The highest BCUT2D eigenvalue weighted by atomic mass is 16.6. The van der Waals surface area contributed by atoms with E-state index in [2.05, 4.69) is 4.90 Å².